The molecule has 0 N–H and O–H groups in total. The zero-order chi connectivity index (χ0) is 14.3. The van der Waals surface area contributed by atoms with Gasteiger partial charge in [0.2, 0.25) is 5.79 Å². The SMILES string of the molecule is C=C(C)C(=O)OCCC(=O)OC1(C)CSCCCO1. The molecule has 0 aromatic carbocycles. The Balaban J connectivity index is 2.30. The molecule has 1 rings (SSSR count). The maximum atomic E-state index is 11.7. The largest absolute Gasteiger partial charge is 0.462 e. The third-order valence-electron chi connectivity index (χ3n) is 2.42. The van der Waals surface area contributed by atoms with Gasteiger partial charge in [-0.15, -0.1) is 0 Å². The second-order valence-electron chi connectivity index (χ2n) is 4.53. The van der Waals surface area contributed by atoms with Crippen molar-refractivity contribution >= 4 is 23.7 Å². The van der Waals surface area contributed by atoms with E-state index in [0.717, 1.165) is 12.2 Å². The molecule has 0 saturated carbocycles. The summed E-state index contributed by atoms with van der Waals surface area (Å²) in [7, 11) is 0. The van der Waals surface area contributed by atoms with E-state index in [1.165, 1.54) is 0 Å². The van der Waals surface area contributed by atoms with Gasteiger partial charge in [0.1, 0.15) is 6.61 Å². The van der Waals surface area contributed by atoms with Crippen LogP contribution in [0.2, 0.25) is 0 Å². The van der Waals surface area contributed by atoms with Gasteiger partial charge in [0.05, 0.1) is 18.8 Å². The number of thioether (sulfide) groups is 1. The Kier molecular flexibility index (Phi) is 6.37. The van der Waals surface area contributed by atoms with E-state index in [1.54, 1.807) is 25.6 Å². The fourth-order valence-corrected chi connectivity index (χ4v) is 2.43. The monoisotopic (exact) mass is 288 g/mol. The Morgan fingerprint density at radius 3 is 2.89 bits per heavy atom. The molecule has 1 heterocycles. The first-order valence-electron chi connectivity index (χ1n) is 6.19. The highest BCUT2D eigenvalue weighted by molar-refractivity contribution is 7.99. The molecule has 0 amide bonds. The lowest BCUT2D eigenvalue weighted by atomic mass is 10.3. The van der Waals surface area contributed by atoms with Gasteiger partial charge in [0.25, 0.3) is 0 Å². The van der Waals surface area contributed by atoms with Crippen molar-refractivity contribution in [1.82, 2.24) is 0 Å². The van der Waals surface area contributed by atoms with E-state index in [1.807, 2.05) is 0 Å². The summed E-state index contributed by atoms with van der Waals surface area (Å²) in [6, 6.07) is 0. The van der Waals surface area contributed by atoms with Gasteiger partial charge in [0, 0.05) is 12.5 Å². The Morgan fingerprint density at radius 2 is 2.21 bits per heavy atom. The summed E-state index contributed by atoms with van der Waals surface area (Å²) in [5.41, 5.74) is 0.309. The van der Waals surface area contributed by atoms with E-state index in [2.05, 4.69) is 6.58 Å². The van der Waals surface area contributed by atoms with Crippen LogP contribution in [0.3, 0.4) is 0 Å². The van der Waals surface area contributed by atoms with Gasteiger partial charge >= 0.3 is 11.9 Å². The Bertz CT molecular complexity index is 345. The molecule has 0 radical (unpaired) electrons. The van der Waals surface area contributed by atoms with Crippen LogP contribution in [-0.2, 0) is 23.8 Å². The van der Waals surface area contributed by atoms with E-state index in [0.29, 0.717) is 17.9 Å². The number of rotatable bonds is 5. The zero-order valence-corrected chi connectivity index (χ0v) is 12.2. The van der Waals surface area contributed by atoms with Crippen molar-refractivity contribution in [2.75, 3.05) is 24.7 Å². The maximum Gasteiger partial charge on any atom is 0.333 e. The van der Waals surface area contributed by atoms with E-state index >= 15 is 0 Å². The number of hydrogen-bond acceptors (Lipinski definition) is 6. The minimum atomic E-state index is -0.878. The molecule has 1 aliphatic rings. The number of ether oxygens (including phenoxy) is 3. The van der Waals surface area contributed by atoms with Gasteiger partial charge in [-0.3, -0.25) is 4.79 Å². The number of hydrogen-bond donors (Lipinski definition) is 0. The van der Waals surface area contributed by atoms with Crippen molar-refractivity contribution in [3.8, 4) is 0 Å². The number of esters is 2. The quantitative estimate of drug-likeness (QED) is 0.569. The highest BCUT2D eigenvalue weighted by Gasteiger charge is 2.31. The van der Waals surface area contributed by atoms with E-state index in [-0.39, 0.29) is 13.0 Å². The van der Waals surface area contributed by atoms with Crippen molar-refractivity contribution in [2.45, 2.75) is 32.5 Å². The molecule has 1 unspecified atom stereocenters. The van der Waals surface area contributed by atoms with Gasteiger partial charge in [-0.2, -0.15) is 11.8 Å². The molecule has 0 aromatic heterocycles. The zero-order valence-electron chi connectivity index (χ0n) is 11.4. The van der Waals surface area contributed by atoms with Gasteiger partial charge in [0.15, 0.2) is 0 Å². The van der Waals surface area contributed by atoms with Gasteiger partial charge < -0.3 is 14.2 Å². The van der Waals surface area contributed by atoms with Gasteiger partial charge in [-0.05, 0) is 19.1 Å². The second-order valence-corrected chi connectivity index (χ2v) is 5.63. The second kappa shape index (κ2) is 7.55. The predicted octanol–water partition coefficient (Wildman–Crippen LogP) is 1.91. The fraction of sp³-hybridized carbons (Fsp3) is 0.692. The van der Waals surface area contributed by atoms with Crippen LogP contribution in [0.15, 0.2) is 12.2 Å². The first-order chi connectivity index (χ1) is 8.93. The minimum Gasteiger partial charge on any atom is -0.462 e. The van der Waals surface area contributed by atoms with Crippen molar-refractivity contribution in [3.05, 3.63) is 12.2 Å². The summed E-state index contributed by atoms with van der Waals surface area (Å²) < 4.78 is 15.7. The normalized spacial score (nSPS) is 23.3. The molecule has 19 heavy (non-hydrogen) atoms. The van der Waals surface area contributed by atoms with Crippen LogP contribution < -0.4 is 0 Å². The van der Waals surface area contributed by atoms with Crippen molar-refractivity contribution in [2.24, 2.45) is 0 Å². The van der Waals surface area contributed by atoms with E-state index in [4.69, 9.17) is 14.2 Å². The molecule has 0 aromatic rings. The minimum absolute atomic E-state index is 0.00620. The maximum absolute atomic E-state index is 11.7. The summed E-state index contributed by atoms with van der Waals surface area (Å²) in [4.78, 5) is 22.8. The molecule has 0 aliphatic carbocycles. The van der Waals surface area contributed by atoms with Crippen LogP contribution in [0.4, 0.5) is 0 Å². The van der Waals surface area contributed by atoms with Crippen LogP contribution in [0.5, 0.6) is 0 Å². The molecule has 0 bridgehead atoms. The Morgan fingerprint density at radius 1 is 1.47 bits per heavy atom. The highest BCUT2D eigenvalue weighted by Crippen LogP contribution is 2.24. The van der Waals surface area contributed by atoms with Gasteiger partial charge in [-0.1, -0.05) is 6.58 Å². The fourth-order valence-electron chi connectivity index (χ4n) is 1.45. The molecule has 108 valence electrons. The summed E-state index contributed by atoms with van der Waals surface area (Å²) in [6.45, 7) is 7.34. The molecule has 6 heteroatoms. The highest BCUT2D eigenvalue weighted by atomic mass is 32.2. The van der Waals surface area contributed by atoms with Gasteiger partial charge in [-0.25, -0.2) is 4.79 Å². The van der Waals surface area contributed by atoms with Crippen LogP contribution >= 0.6 is 11.8 Å². The van der Waals surface area contributed by atoms with E-state index < -0.39 is 17.7 Å². The van der Waals surface area contributed by atoms with Crippen LogP contribution in [-0.4, -0.2) is 42.4 Å². The summed E-state index contributed by atoms with van der Waals surface area (Å²) >= 11 is 1.70. The lowest BCUT2D eigenvalue weighted by Gasteiger charge is -2.27. The van der Waals surface area contributed by atoms with Crippen LogP contribution in [0.1, 0.15) is 26.7 Å². The average molecular weight is 288 g/mol. The van der Waals surface area contributed by atoms with Crippen LogP contribution in [0, 0.1) is 0 Å². The smallest absolute Gasteiger partial charge is 0.333 e. The third-order valence-corrected chi connectivity index (χ3v) is 3.73. The molecule has 1 aliphatic heterocycles. The number of carbonyl (C=O) groups is 2. The molecule has 5 nitrogen and oxygen atoms in total. The lowest BCUT2D eigenvalue weighted by Crippen LogP contribution is -2.37. The Labute approximate surface area is 117 Å². The standard InChI is InChI=1S/C13H20O5S/c1-10(2)12(15)16-7-5-11(14)18-13(3)9-19-8-4-6-17-13/h1,4-9H2,2-3H3. The topological polar surface area (TPSA) is 61.8 Å². The molecular weight excluding hydrogens is 268 g/mol. The first kappa shape index (κ1) is 16.0. The summed E-state index contributed by atoms with van der Waals surface area (Å²) in [5.74, 6) is -0.190. The average Bonchev–Trinajstić information content (AvgIpc) is 2.53. The number of carbonyl (C=O) groups excluding carboxylic acids is 2. The summed E-state index contributed by atoms with van der Waals surface area (Å²) in [5, 5.41) is 0. The van der Waals surface area contributed by atoms with Crippen molar-refractivity contribution < 1.29 is 23.8 Å². The molecule has 1 atom stereocenters. The third kappa shape index (κ3) is 6.11. The van der Waals surface area contributed by atoms with Crippen molar-refractivity contribution in [3.63, 3.8) is 0 Å². The van der Waals surface area contributed by atoms with E-state index in [9.17, 15) is 9.59 Å². The molecular formula is C13H20O5S. The molecule has 1 fully saturated rings. The Hall–Kier alpha value is -1.01. The lowest BCUT2D eigenvalue weighted by molar-refractivity contribution is -0.212. The summed E-state index contributed by atoms with van der Waals surface area (Å²) in [6.07, 6.45) is 0.969. The van der Waals surface area contributed by atoms with Crippen molar-refractivity contribution in [1.29, 1.82) is 0 Å². The van der Waals surface area contributed by atoms with Crippen LogP contribution in [0.25, 0.3) is 0 Å². The predicted molar refractivity (Wildman–Crippen MR) is 72.8 cm³/mol. The molecule has 0 spiro atoms. The molecule has 1 saturated heterocycles. The first-order valence-corrected chi connectivity index (χ1v) is 7.34.